The fraction of sp³-hybridized carbons (Fsp3) is 0.765. The van der Waals surface area contributed by atoms with Crippen molar-refractivity contribution in [3.63, 3.8) is 0 Å². The first kappa shape index (κ1) is 16.3. The molecule has 0 radical (unpaired) electrons. The van der Waals surface area contributed by atoms with Crippen molar-refractivity contribution in [2.45, 2.75) is 72.8 Å². The molecular weight excluding hydrogens is 234 g/mol. The van der Waals surface area contributed by atoms with E-state index < -0.39 is 0 Å². The smallest absolute Gasteiger partial charge is 0.106 e. The lowest BCUT2D eigenvalue weighted by atomic mass is 9.88. The summed E-state index contributed by atoms with van der Waals surface area (Å²) in [6, 6.07) is 0.430. The molecule has 0 saturated heterocycles. The van der Waals surface area contributed by atoms with Crippen LogP contribution in [0.1, 0.15) is 74.6 Å². The molecule has 19 heavy (non-hydrogen) atoms. The Bertz CT molecular complexity index is 381. The highest BCUT2D eigenvalue weighted by Gasteiger charge is 2.22. The van der Waals surface area contributed by atoms with Crippen LogP contribution in [-0.2, 0) is 0 Å². The summed E-state index contributed by atoms with van der Waals surface area (Å²) < 4.78 is 5.78. The van der Waals surface area contributed by atoms with Gasteiger partial charge in [-0.15, -0.1) is 0 Å². The van der Waals surface area contributed by atoms with Gasteiger partial charge in [0.1, 0.15) is 11.5 Å². The minimum Gasteiger partial charge on any atom is -0.466 e. The van der Waals surface area contributed by atoms with Crippen molar-refractivity contribution in [2.75, 3.05) is 7.05 Å². The molecule has 0 aliphatic rings. The summed E-state index contributed by atoms with van der Waals surface area (Å²) in [6.45, 7) is 10.9. The zero-order valence-electron chi connectivity index (χ0n) is 13.6. The van der Waals surface area contributed by atoms with Crippen molar-refractivity contribution in [1.29, 1.82) is 0 Å². The topological polar surface area (TPSA) is 25.2 Å². The highest BCUT2D eigenvalue weighted by atomic mass is 16.3. The van der Waals surface area contributed by atoms with Gasteiger partial charge in [0.15, 0.2) is 0 Å². The molecule has 1 heterocycles. The Kier molecular flexibility index (Phi) is 6.64. The van der Waals surface area contributed by atoms with Crippen molar-refractivity contribution >= 4 is 0 Å². The van der Waals surface area contributed by atoms with Crippen molar-refractivity contribution < 1.29 is 4.42 Å². The molecule has 1 aromatic heterocycles. The van der Waals surface area contributed by atoms with Gasteiger partial charge >= 0.3 is 0 Å². The second-order valence-corrected chi connectivity index (χ2v) is 5.75. The van der Waals surface area contributed by atoms with Crippen LogP contribution in [0.4, 0.5) is 0 Å². The lowest BCUT2D eigenvalue weighted by molar-refractivity contribution is 0.361. The van der Waals surface area contributed by atoms with E-state index in [0.29, 0.717) is 6.04 Å². The van der Waals surface area contributed by atoms with Crippen LogP contribution < -0.4 is 5.32 Å². The molecule has 2 heteroatoms. The van der Waals surface area contributed by atoms with Gasteiger partial charge < -0.3 is 9.73 Å². The molecule has 0 amide bonds. The highest BCUT2D eigenvalue weighted by Crippen LogP contribution is 2.32. The first-order chi connectivity index (χ1) is 9.04. The van der Waals surface area contributed by atoms with Crippen molar-refractivity contribution in [3.05, 3.63) is 22.6 Å². The van der Waals surface area contributed by atoms with E-state index in [-0.39, 0.29) is 0 Å². The third kappa shape index (κ3) is 4.10. The maximum Gasteiger partial charge on any atom is 0.106 e. The van der Waals surface area contributed by atoms with Gasteiger partial charge in [0.05, 0.1) is 0 Å². The Morgan fingerprint density at radius 2 is 1.79 bits per heavy atom. The van der Waals surface area contributed by atoms with Crippen LogP contribution in [0, 0.1) is 26.7 Å². The largest absolute Gasteiger partial charge is 0.466 e. The van der Waals surface area contributed by atoms with Crippen LogP contribution in [0.2, 0.25) is 0 Å². The molecule has 0 aliphatic heterocycles. The molecule has 0 fully saturated rings. The Morgan fingerprint density at radius 1 is 1.11 bits per heavy atom. The molecule has 1 rings (SSSR count). The van der Waals surface area contributed by atoms with Gasteiger partial charge in [-0.3, -0.25) is 0 Å². The quantitative estimate of drug-likeness (QED) is 0.709. The zero-order chi connectivity index (χ0) is 14.4. The lowest BCUT2D eigenvalue weighted by Crippen LogP contribution is -2.21. The molecule has 2 nitrogen and oxygen atoms in total. The standard InChI is InChI=1S/C17H31NO/c1-7-9-10-15(8-2)11-16(18-6)17-12(3)13(4)19-14(17)5/h15-16,18H,7-11H2,1-6H3. The van der Waals surface area contributed by atoms with Gasteiger partial charge in [-0.2, -0.15) is 0 Å². The second-order valence-electron chi connectivity index (χ2n) is 5.75. The maximum absolute atomic E-state index is 5.78. The van der Waals surface area contributed by atoms with Gasteiger partial charge in [-0.25, -0.2) is 0 Å². The predicted octanol–water partition coefficient (Wildman–Crippen LogP) is 5.07. The van der Waals surface area contributed by atoms with Crippen LogP contribution in [0.3, 0.4) is 0 Å². The van der Waals surface area contributed by atoms with Crippen LogP contribution in [0.15, 0.2) is 4.42 Å². The monoisotopic (exact) mass is 265 g/mol. The maximum atomic E-state index is 5.78. The van der Waals surface area contributed by atoms with E-state index >= 15 is 0 Å². The van der Waals surface area contributed by atoms with E-state index in [9.17, 15) is 0 Å². The number of hydrogen-bond donors (Lipinski definition) is 1. The number of nitrogens with one attached hydrogen (secondary N) is 1. The third-order valence-corrected chi connectivity index (χ3v) is 4.43. The van der Waals surface area contributed by atoms with Crippen LogP contribution in [-0.4, -0.2) is 7.05 Å². The van der Waals surface area contributed by atoms with E-state index in [1.165, 1.54) is 43.2 Å². The number of aryl methyl sites for hydroxylation is 2. The summed E-state index contributed by atoms with van der Waals surface area (Å²) in [5, 5.41) is 3.49. The van der Waals surface area contributed by atoms with E-state index in [4.69, 9.17) is 4.42 Å². The summed E-state index contributed by atoms with van der Waals surface area (Å²) in [5.41, 5.74) is 2.71. The fourth-order valence-corrected chi connectivity index (χ4v) is 3.02. The summed E-state index contributed by atoms with van der Waals surface area (Å²) >= 11 is 0. The first-order valence-corrected chi connectivity index (χ1v) is 7.78. The van der Waals surface area contributed by atoms with Crippen molar-refractivity contribution in [1.82, 2.24) is 5.32 Å². The normalized spacial score (nSPS) is 14.6. The average molecular weight is 265 g/mol. The van der Waals surface area contributed by atoms with Gasteiger partial charge in [0.25, 0.3) is 0 Å². The van der Waals surface area contributed by atoms with Crippen LogP contribution >= 0.6 is 0 Å². The first-order valence-electron chi connectivity index (χ1n) is 7.78. The molecule has 0 aromatic carbocycles. The Labute approximate surface area is 119 Å². The van der Waals surface area contributed by atoms with Crippen molar-refractivity contribution in [3.8, 4) is 0 Å². The van der Waals surface area contributed by atoms with Gasteiger partial charge in [0, 0.05) is 11.6 Å². The van der Waals surface area contributed by atoms with E-state index in [2.05, 4.69) is 47.0 Å². The predicted molar refractivity (Wildman–Crippen MR) is 82.6 cm³/mol. The number of unbranched alkanes of at least 4 members (excludes halogenated alkanes) is 1. The Balaban J connectivity index is 2.82. The van der Waals surface area contributed by atoms with Gasteiger partial charge in [-0.05, 0) is 45.7 Å². The van der Waals surface area contributed by atoms with Crippen LogP contribution in [0.25, 0.3) is 0 Å². The number of rotatable bonds is 8. The molecule has 1 N–H and O–H groups in total. The van der Waals surface area contributed by atoms with Gasteiger partial charge in [-0.1, -0.05) is 39.5 Å². The molecule has 110 valence electrons. The summed E-state index contributed by atoms with van der Waals surface area (Å²) in [6.07, 6.45) is 6.47. The highest BCUT2D eigenvalue weighted by molar-refractivity contribution is 5.34. The summed E-state index contributed by atoms with van der Waals surface area (Å²) in [4.78, 5) is 0. The van der Waals surface area contributed by atoms with E-state index in [1.807, 2.05) is 0 Å². The SMILES string of the molecule is CCCCC(CC)CC(NC)c1c(C)oc(C)c1C. The van der Waals surface area contributed by atoms with Gasteiger partial charge in [0.2, 0.25) is 0 Å². The summed E-state index contributed by atoms with van der Waals surface area (Å²) in [5.74, 6) is 2.96. The fourth-order valence-electron chi connectivity index (χ4n) is 3.02. The van der Waals surface area contributed by atoms with E-state index in [0.717, 1.165) is 17.4 Å². The molecule has 2 atom stereocenters. The van der Waals surface area contributed by atoms with Crippen molar-refractivity contribution in [2.24, 2.45) is 5.92 Å². The average Bonchev–Trinajstić information content (AvgIpc) is 2.65. The Morgan fingerprint density at radius 3 is 2.21 bits per heavy atom. The van der Waals surface area contributed by atoms with Crippen LogP contribution in [0.5, 0.6) is 0 Å². The molecule has 0 spiro atoms. The molecule has 0 saturated carbocycles. The molecule has 0 bridgehead atoms. The van der Waals surface area contributed by atoms with E-state index in [1.54, 1.807) is 0 Å². The molecular formula is C17H31NO. The minimum absolute atomic E-state index is 0.430. The number of furan rings is 1. The molecule has 0 aliphatic carbocycles. The zero-order valence-corrected chi connectivity index (χ0v) is 13.6. The third-order valence-electron chi connectivity index (χ3n) is 4.43. The Hall–Kier alpha value is -0.760. The molecule has 1 aromatic rings. The number of hydrogen-bond acceptors (Lipinski definition) is 2. The second kappa shape index (κ2) is 7.74. The lowest BCUT2D eigenvalue weighted by Gasteiger charge is -2.23. The molecule has 2 unspecified atom stereocenters. The minimum atomic E-state index is 0.430. The summed E-state index contributed by atoms with van der Waals surface area (Å²) in [7, 11) is 2.07.